The van der Waals surface area contributed by atoms with Gasteiger partial charge in [0.25, 0.3) is 0 Å². The van der Waals surface area contributed by atoms with Gasteiger partial charge in [0.05, 0.1) is 22.4 Å². The van der Waals surface area contributed by atoms with Crippen LogP contribution in [0, 0.1) is 13.8 Å². The van der Waals surface area contributed by atoms with Gasteiger partial charge in [-0.25, -0.2) is 19.9 Å². The number of hydrogen-bond acceptors (Lipinski definition) is 4. The molecule has 370 valence electrons. The maximum Gasteiger partial charge on any atom is 0.163 e. The number of fused-ring (bicyclic) bond motifs is 8. The number of aryl methyl sites for hydroxylation is 3. The standard InChI is InChI=1S/C66H76N6/c1-19-49-37(3)55-53(43-31-45(63(7,8)9)35-46(32-43)64(10,11)12)56-38(4)50(20-2)60(68-56)72-62-52(42-29-25-22-26-30-42)40(6)58(70-62)54(44-33-47(65(13,14)15)36-48(34-44)66(16,17)18)57-39(5)51(41-27-23-21-24-28-41)61(69-57)71-59(49)67-55/h21-36H,19-20H2,1-18H3,(H,67,69,71)(H,68,70,72). The normalized spacial score (nSPS) is 13.7. The molecule has 9 rings (SSSR count). The Kier molecular flexibility index (Phi) is 12.7. The molecule has 3 aromatic heterocycles. The molecule has 5 heterocycles. The zero-order chi connectivity index (χ0) is 52.0. The first-order valence-electron chi connectivity index (χ1n) is 26.2. The minimum atomic E-state index is -0.118. The van der Waals surface area contributed by atoms with E-state index in [1.807, 2.05) is 0 Å². The molecule has 2 N–H and O–H groups in total. The highest BCUT2D eigenvalue weighted by molar-refractivity contribution is 6.06. The lowest BCUT2D eigenvalue weighted by molar-refractivity contribution is 0.568. The highest BCUT2D eigenvalue weighted by atomic mass is 15.0. The first kappa shape index (κ1) is 50.3. The highest BCUT2D eigenvalue weighted by Crippen LogP contribution is 2.47. The molecule has 0 amide bonds. The Morgan fingerprint density at radius 2 is 0.819 bits per heavy atom. The molecule has 2 aliphatic rings. The molecule has 0 atom stereocenters. The second kappa shape index (κ2) is 18.1. The maximum atomic E-state index is 5.79. The number of allylic oxidation sites excluding steroid dienone is 3. The van der Waals surface area contributed by atoms with E-state index in [-0.39, 0.29) is 21.7 Å². The van der Waals surface area contributed by atoms with E-state index < -0.39 is 0 Å². The minimum Gasteiger partial charge on any atom is -0.339 e. The molecular formula is C66H76N6. The van der Waals surface area contributed by atoms with E-state index in [0.29, 0.717) is 5.82 Å². The second-order valence-corrected chi connectivity index (χ2v) is 24.5. The van der Waals surface area contributed by atoms with Gasteiger partial charge in [0, 0.05) is 27.8 Å². The van der Waals surface area contributed by atoms with Crippen LogP contribution in [0.1, 0.15) is 185 Å². The molecule has 2 aliphatic heterocycles. The van der Waals surface area contributed by atoms with E-state index in [0.717, 1.165) is 130 Å². The number of aromatic amines is 2. The molecule has 0 unspecified atom stereocenters. The Morgan fingerprint density at radius 1 is 0.403 bits per heavy atom. The molecule has 7 aromatic rings. The van der Waals surface area contributed by atoms with Gasteiger partial charge in [-0.2, -0.15) is 0 Å². The SMILES string of the molecule is CCC1=C(C)c2nc1nc1[nH]c(c(C)c1-c1ccccc1)c(-c1cc(C(C)(C)C)cc(C(C)(C)C)c1)c1nc(nc3[nH]c(c(C)c3CC)c2-c2cc(C(C)(C)C)cc(C(C)(C)C)c2)C(c2ccccc2)=C1C. The average Bonchev–Trinajstić information content (AvgIpc) is 4.01. The van der Waals surface area contributed by atoms with Gasteiger partial charge in [-0.3, -0.25) is 0 Å². The van der Waals surface area contributed by atoms with Crippen molar-refractivity contribution in [2.24, 2.45) is 0 Å². The van der Waals surface area contributed by atoms with E-state index in [9.17, 15) is 0 Å². The Balaban J connectivity index is 1.59. The minimum absolute atomic E-state index is 0.0968. The summed E-state index contributed by atoms with van der Waals surface area (Å²) < 4.78 is 0. The Hall–Kier alpha value is -6.66. The van der Waals surface area contributed by atoms with Crippen molar-refractivity contribution in [2.45, 2.75) is 159 Å². The van der Waals surface area contributed by atoms with Gasteiger partial charge in [-0.05, 0) is 135 Å². The predicted octanol–water partition coefficient (Wildman–Crippen LogP) is 17.8. The molecule has 0 saturated carbocycles. The van der Waals surface area contributed by atoms with Gasteiger partial charge < -0.3 is 9.97 Å². The summed E-state index contributed by atoms with van der Waals surface area (Å²) in [5.41, 5.74) is 25.4. The summed E-state index contributed by atoms with van der Waals surface area (Å²) in [4.78, 5) is 31.0. The topological polar surface area (TPSA) is 83.1 Å². The van der Waals surface area contributed by atoms with Crippen LogP contribution in [0.3, 0.4) is 0 Å². The summed E-state index contributed by atoms with van der Waals surface area (Å²) in [7, 11) is 0. The highest BCUT2D eigenvalue weighted by Gasteiger charge is 2.31. The molecule has 4 aromatic carbocycles. The third-order valence-corrected chi connectivity index (χ3v) is 15.2. The van der Waals surface area contributed by atoms with Gasteiger partial charge in [-0.15, -0.1) is 0 Å². The third kappa shape index (κ3) is 9.00. The number of benzene rings is 4. The van der Waals surface area contributed by atoms with E-state index in [2.05, 4.69) is 232 Å². The summed E-state index contributed by atoms with van der Waals surface area (Å²) in [6.45, 7) is 41.2. The van der Waals surface area contributed by atoms with E-state index in [1.165, 1.54) is 22.3 Å². The van der Waals surface area contributed by atoms with Gasteiger partial charge in [0.1, 0.15) is 11.3 Å². The fourth-order valence-electron chi connectivity index (χ4n) is 10.7. The van der Waals surface area contributed by atoms with Crippen LogP contribution in [0.25, 0.3) is 78.0 Å². The lowest BCUT2D eigenvalue weighted by atomic mass is 9.78. The van der Waals surface area contributed by atoms with Crippen molar-refractivity contribution >= 4 is 44.6 Å². The number of rotatable bonds is 6. The Morgan fingerprint density at radius 3 is 1.28 bits per heavy atom. The monoisotopic (exact) mass is 953 g/mol. The summed E-state index contributed by atoms with van der Waals surface area (Å²) in [5.74, 6) is 1.42. The number of nitrogens with zero attached hydrogens (tertiary/aromatic N) is 4. The zero-order valence-corrected chi connectivity index (χ0v) is 46.4. The Labute approximate surface area is 429 Å². The lowest BCUT2D eigenvalue weighted by Crippen LogP contribution is -2.16. The van der Waals surface area contributed by atoms with Crippen LogP contribution in [0.2, 0.25) is 0 Å². The lowest BCUT2D eigenvalue weighted by Gasteiger charge is -2.26. The van der Waals surface area contributed by atoms with E-state index in [1.54, 1.807) is 0 Å². The maximum absolute atomic E-state index is 5.79. The summed E-state index contributed by atoms with van der Waals surface area (Å²) in [6, 6.07) is 35.8. The second-order valence-electron chi connectivity index (χ2n) is 24.5. The molecular weight excluding hydrogens is 877 g/mol. The van der Waals surface area contributed by atoms with Crippen LogP contribution >= 0.6 is 0 Å². The average molecular weight is 953 g/mol. The molecule has 0 aliphatic carbocycles. The van der Waals surface area contributed by atoms with Crippen LogP contribution < -0.4 is 0 Å². The van der Waals surface area contributed by atoms with Crippen LogP contribution in [-0.4, -0.2) is 29.9 Å². The van der Waals surface area contributed by atoms with Crippen molar-refractivity contribution in [1.82, 2.24) is 29.9 Å². The molecule has 0 spiro atoms. The predicted molar refractivity (Wildman–Crippen MR) is 307 cm³/mol. The Bertz CT molecular complexity index is 3460. The fourth-order valence-corrected chi connectivity index (χ4v) is 10.7. The largest absolute Gasteiger partial charge is 0.339 e. The van der Waals surface area contributed by atoms with E-state index >= 15 is 0 Å². The van der Waals surface area contributed by atoms with Crippen molar-refractivity contribution in [1.29, 1.82) is 0 Å². The molecule has 0 radical (unpaired) electrons. The molecule has 6 heteroatoms. The van der Waals surface area contributed by atoms with Gasteiger partial charge in [-0.1, -0.05) is 194 Å². The van der Waals surface area contributed by atoms with Crippen LogP contribution in [-0.2, 0) is 28.1 Å². The number of aromatic nitrogens is 6. The van der Waals surface area contributed by atoms with Crippen molar-refractivity contribution in [3.8, 4) is 33.4 Å². The van der Waals surface area contributed by atoms with Crippen LogP contribution in [0.15, 0.2) is 97.1 Å². The molecule has 0 fully saturated rings. The number of nitrogens with one attached hydrogen (secondary N) is 2. The quantitative estimate of drug-likeness (QED) is 0.174. The van der Waals surface area contributed by atoms with Gasteiger partial charge in [0.2, 0.25) is 0 Å². The smallest absolute Gasteiger partial charge is 0.163 e. The van der Waals surface area contributed by atoms with Crippen LogP contribution in [0.4, 0.5) is 0 Å². The van der Waals surface area contributed by atoms with Crippen LogP contribution in [0.5, 0.6) is 0 Å². The first-order valence-corrected chi connectivity index (χ1v) is 26.2. The summed E-state index contributed by atoms with van der Waals surface area (Å²) in [6.07, 6.45) is 1.55. The zero-order valence-electron chi connectivity index (χ0n) is 46.4. The van der Waals surface area contributed by atoms with Crippen molar-refractivity contribution in [3.63, 3.8) is 0 Å². The summed E-state index contributed by atoms with van der Waals surface area (Å²) >= 11 is 0. The molecule has 72 heavy (non-hydrogen) atoms. The van der Waals surface area contributed by atoms with Crippen molar-refractivity contribution in [2.75, 3.05) is 0 Å². The first-order chi connectivity index (χ1) is 33.8. The molecule has 0 saturated heterocycles. The fraction of sp³-hybridized carbons (Fsp3) is 0.364. The summed E-state index contributed by atoms with van der Waals surface area (Å²) in [5, 5.41) is 0. The van der Waals surface area contributed by atoms with E-state index in [4.69, 9.17) is 19.9 Å². The molecule has 8 bridgehead atoms. The van der Waals surface area contributed by atoms with Crippen molar-refractivity contribution < 1.29 is 0 Å². The van der Waals surface area contributed by atoms with Gasteiger partial charge >= 0.3 is 0 Å². The number of hydrogen-bond donors (Lipinski definition) is 2. The van der Waals surface area contributed by atoms with Crippen molar-refractivity contribution in [3.05, 3.63) is 165 Å². The number of H-pyrrole nitrogens is 2. The third-order valence-electron chi connectivity index (χ3n) is 15.2. The van der Waals surface area contributed by atoms with Gasteiger partial charge in [0.15, 0.2) is 11.6 Å². The molecule has 6 nitrogen and oxygen atoms in total.